The predicted molar refractivity (Wildman–Crippen MR) is 76.0 cm³/mol. The van der Waals surface area contributed by atoms with Gasteiger partial charge in [-0.3, -0.25) is 14.5 Å². The third-order valence-electron chi connectivity index (χ3n) is 3.72. The molecular weight excluding hydrogens is 250 g/mol. The Bertz CT molecular complexity index is 664. The van der Waals surface area contributed by atoms with Gasteiger partial charge in [0.1, 0.15) is 0 Å². The van der Waals surface area contributed by atoms with Gasteiger partial charge in [0.25, 0.3) is 0 Å². The first-order chi connectivity index (χ1) is 9.68. The van der Waals surface area contributed by atoms with Crippen LogP contribution in [0.4, 0.5) is 0 Å². The number of fused-ring (bicyclic) bond motifs is 1. The van der Waals surface area contributed by atoms with E-state index in [1.807, 2.05) is 54.6 Å². The van der Waals surface area contributed by atoms with Crippen LogP contribution in [0.3, 0.4) is 0 Å². The van der Waals surface area contributed by atoms with E-state index in [1.165, 1.54) is 11.8 Å². The van der Waals surface area contributed by atoms with Crippen molar-refractivity contribution in [2.75, 3.05) is 0 Å². The molecule has 1 heterocycles. The maximum atomic E-state index is 12.6. The van der Waals surface area contributed by atoms with E-state index in [4.69, 9.17) is 0 Å². The molecule has 0 aromatic heterocycles. The maximum absolute atomic E-state index is 12.6. The minimum Gasteiger partial charge on any atom is -0.278 e. The average molecular weight is 265 g/mol. The maximum Gasteiger partial charge on any atom is 0.241 e. The zero-order valence-corrected chi connectivity index (χ0v) is 11.2. The first kappa shape index (κ1) is 12.6. The number of hydrogen-bond donors (Lipinski definition) is 0. The number of carbonyl (C=O) groups excluding carboxylic acids is 2. The molecule has 3 nitrogen and oxygen atoms in total. The van der Waals surface area contributed by atoms with E-state index in [9.17, 15) is 9.59 Å². The van der Waals surface area contributed by atoms with E-state index in [0.29, 0.717) is 6.54 Å². The standard InChI is InChI=1S/C17H15NO2/c1-12(19)18-11-14-9-5-6-10-15(14)16(17(18)20)13-7-3-2-4-8-13/h2-10,16H,11H2,1H3/t16-/m1/s1. The molecule has 0 spiro atoms. The van der Waals surface area contributed by atoms with Crippen molar-refractivity contribution >= 4 is 11.8 Å². The first-order valence-corrected chi connectivity index (χ1v) is 6.63. The lowest BCUT2D eigenvalue weighted by molar-refractivity contribution is -0.145. The van der Waals surface area contributed by atoms with Crippen LogP contribution in [0, 0.1) is 0 Å². The molecule has 1 aliphatic heterocycles. The molecule has 2 aromatic rings. The molecule has 1 atom stereocenters. The lowest BCUT2D eigenvalue weighted by atomic mass is 9.84. The normalized spacial score (nSPS) is 17.8. The highest BCUT2D eigenvalue weighted by molar-refractivity contribution is 6.00. The fourth-order valence-corrected chi connectivity index (χ4v) is 2.73. The zero-order valence-electron chi connectivity index (χ0n) is 11.2. The van der Waals surface area contributed by atoms with E-state index in [-0.39, 0.29) is 17.7 Å². The highest BCUT2D eigenvalue weighted by Gasteiger charge is 2.35. The van der Waals surface area contributed by atoms with Crippen LogP contribution in [0.5, 0.6) is 0 Å². The first-order valence-electron chi connectivity index (χ1n) is 6.63. The van der Waals surface area contributed by atoms with Crippen LogP contribution < -0.4 is 0 Å². The van der Waals surface area contributed by atoms with Gasteiger partial charge in [-0.2, -0.15) is 0 Å². The summed E-state index contributed by atoms with van der Waals surface area (Å²) in [6, 6.07) is 17.4. The Hall–Kier alpha value is -2.42. The number of amides is 2. The monoisotopic (exact) mass is 265 g/mol. The lowest BCUT2D eigenvalue weighted by Crippen LogP contribution is -2.42. The number of imide groups is 1. The van der Waals surface area contributed by atoms with Crippen LogP contribution in [-0.4, -0.2) is 16.7 Å². The Balaban J connectivity index is 2.15. The van der Waals surface area contributed by atoms with Gasteiger partial charge in [-0.25, -0.2) is 0 Å². The van der Waals surface area contributed by atoms with E-state index in [0.717, 1.165) is 16.7 Å². The molecule has 0 fully saturated rings. The van der Waals surface area contributed by atoms with Crippen molar-refractivity contribution in [2.24, 2.45) is 0 Å². The summed E-state index contributed by atoms with van der Waals surface area (Å²) in [6.07, 6.45) is 0. The second-order valence-electron chi connectivity index (χ2n) is 4.99. The molecule has 0 saturated heterocycles. The molecule has 1 aliphatic rings. The summed E-state index contributed by atoms with van der Waals surface area (Å²) in [5, 5.41) is 0. The third kappa shape index (κ3) is 2.01. The summed E-state index contributed by atoms with van der Waals surface area (Å²) in [4.78, 5) is 25.7. The predicted octanol–water partition coefficient (Wildman–Crippen LogP) is 2.71. The van der Waals surface area contributed by atoms with Gasteiger partial charge < -0.3 is 0 Å². The Labute approximate surface area is 117 Å². The zero-order chi connectivity index (χ0) is 14.1. The molecule has 2 aromatic carbocycles. The van der Waals surface area contributed by atoms with Gasteiger partial charge in [-0.1, -0.05) is 54.6 Å². The molecule has 100 valence electrons. The number of hydrogen-bond acceptors (Lipinski definition) is 2. The molecule has 0 N–H and O–H groups in total. The molecule has 0 bridgehead atoms. The van der Waals surface area contributed by atoms with Crippen molar-refractivity contribution in [3.05, 3.63) is 71.3 Å². The largest absolute Gasteiger partial charge is 0.278 e. The van der Waals surface area contributed by atoms with Crippen molar-refractivity contribution in [3.8, 4) is 0 Å². The van der Waals surface area contributed by atoms with Crippen molar-refractivity contribution in [2.45, 2.75) is 19.4 Å². The van der Waals surface area contributed by atoms with Gasteiger partial charge in [-0.15, -0.1) is 0 Å². The van der Waals surface area contributed by atoms with E-state index in [2.05, 4.69) is 0 Å². The van der Waals surface area contributed by atoms with E-state index >= 15 is 0 Å². The number of benzene rings is 2. The lowest BCUT2D eigenvalue weighted by Gasteiger charge is -2.32. The molecule has 0 unspecified atom stereocenters. The van der Waals surface area contributed by atoms with Crippen molar-refractivity contribution < 1.29 is 9.59 Å². The molecule has 2 amide bonds. The Kier molecular flexibility index (Phi) is 3.11. The summed E-state index contributed by atoms with van der Waals surface area (Å²) >= 11 is 0. The Morgan fingerprint density at radius 3 is 2.40 bits per heavy atom. The SMILES string of the molecule is CC(=O)N1Cc2ccccc2[C@@H](c2ccccc2)C1=O. The van der Waals surface area contributed by atoms with Crippen molar-refractivity contribution in [1.29, 1.82) is 0 Å². The molecule has 0 saturated carbocycles. The molecular formula is C17H15NO2. The molecule has 0 radical (unpaired) electrons. The van der Waals surface area contributed by atoms with Crippen LogP contribution in [-0.2, 0) is 16.1 Å². The molecule has 3 heteroatoms. The van der Waals surface area contributed by atoms with Gasteiger partial charge >= 0.3 is 0 Å². The van der Waals surface area contributed by atoms with Gasteiger partial charge in [0, 0.05) is 6.92 Å². The number of rotatable bonds is 1. The highest BCUT2D eigenvalue weighted by atomic mass is 16.2. The summed E-state index contributed by atoms with van der Waals surface area (Å²) < 4.78 is 0. The van der Waals surface area contributed by atoms with Crippen LogP contribution in [0.25, 0.3) is 0 Å². The van der Waals surface area contributed by atoms with Crippen molar-refractivity contribution in [1.82, 2.24) is 4.90 Å². The molecule has 20 heavy (non-hydrogen) atoms. The summed E-state index contributed by atoms with van der Waals surface area (Å²) in [5.41, 5.74) is 2.97. The summed E-state index contributed by atoms with van der Waals surface area (Å²) in [6.45, 7) is 1.81. The van der Waals surface area contributed by atoms with Gasteiger partial charge in [0.15, 0.2) is 0 Å². The Morgan fingerprint density at radius 1 is 1.05 bits per heavy atom. The second-order valence-corrected chi connectivity index (χ2v) is 4.99. The Morgan fingerprint density at radius 2 is 1.70 bits per heavy atom. The summed E-state index contributed by atoms with van der Waals surface area (Å²) in [7, 11) is 0. The highest BCUT2D eigenvalue weighted by Crippen LogP contribution is 2.34. The quantitative estimate of drug-likeness (QED) is 0.795. The molecule has 3 rings (SSSR count). The average Bonchev–Trinajstić information content (AvgIpc) is 2.47. The van der Waals surface area contributed by atoms with Crippen LogP contribution in [0.2, 0.25) is 0 Å². The van der Waals surface area contributed by atoms with Gasteiger partial charge in [-0.05, 0) is 16.7 Å². The smallest absolute Gasteiger partial charge is 0.241 e. The van der Waals surface area contributed by atoms with Gasteiger partial charge in [0.2, 0.25) is 11.8 Å². The fourth-order valence-electron chi connectivity index (χ4n) is 2.73. The van der Waals surface area contributed by atoms with E-state index in [1.54, 1.807) is 0 Å². The minimum absolute atomic E-state index is 0.137. The third-order valence-corrected chi connectivity index (χ3v) is 3.72. The minimum atomic E-state index is -0.384. The van der Waals surface area contributed by atoms with Crippen LogP contribution >= 0.6 is 0 Å². The fraction of sp³-hybridized carbons (Fsp3) is 0.176. The number of nitrogens with zero attached hydrogens (tertiary/aromatic N) is 1. The topological polar surface area (TPSA) is 37.4 Å². The van der Waals surface area contributed by atoms with Crippen LogP contribution in [0.1, 0.15) is 29.5 Å². The summed E-state index contributed by atoms with van der Waals surface area (Å²) in [5.74, 6) is -0.724. The van der Waals surface area contributed by atoms with Crippen LogP contribution in [0.15, 0.2) is 54.6 Å². The number of carbonyl (C=O) groups is 2. The van der Waals surface area contributed by atoms with E-state index < -0.39 is 0 Å². The molecule has 0 aliphatic carbocycles. The van der Waals surface area contributed by atoms with Crippen molar-refractivity contribution in [3.63, 3.8) is 0 Å². The van der Waals surface area contributed by atoms with Gasteiger partial charge in [0.05, 0.1) is 12.5 Å². The second kappa shape index (κ2) is 4.93.